The van der Waals surface area contributed by atoms with E-state index in [0.717, 1.165) is 0 Å². The average Bonchev–Trinajstić information content (AvgIpc) is 2.94. The molecule has 4 rings (SSSR count). The van der Waals surface area contributed by atoms with Crippen LogP contribution in [0.3, 0.4) is 0 Å². The Morgan fingerprint density at radius 1 is 0.550 bits per heavy atom. The van der Waals surface area contributed by atoms with Crippen LogP contribution in [0.4, 0.5) is 0 Å². The van der Waals surface area contributed by atoms with Crippen molar-refractivity contribution in [3.8, 4) is 0 Å². The molecule has 0 bridgehead atoms. The predicted molar refractivity (Wildman–Crippen MR) is 93.7 cm³/mol. The van der Waals surface area contributed by atoms with E-state index < -0.39 is 0 Å². The van der Waals surface area contributed by atoms with Gasteiger partial charge in [0.2, 0.25) is 0 Å². The van der Waals surface area contributed by atoms with Gasteiger partial charge in [-0.05, 0) is 61.7 Å². The third kappa shape index (κ3) is 1.58. The van der Waals surface area contributed by atoms with E-state index in [1.807, 2.05) is 22.7 Å². The Kier molecular flexibility index (Phi) is 2.51. The minimum Gasteiger partial charge on any atom is -0.139 e. The monoisotopic (exact) mass is 296 g/mol. The maximum Gasteiger partial charge on any atom is 0.0530 e. The second kappa shape index (κ2) is 4.06. The molecule has 0 atom stereocenters. The molecule has 0 unspecified atom stereocenters. The highest BCUT2D eigenvalue weighted by Crippen LogP contribution is 2.43. The normalized spacial score (nSPS) is 12.0. The van der Waals surface area contributed by atoms with Crippen LogP contribution in [0.2, 0.25) is 0 Å². The molecule has 0 saturated heterocycles. The molecular weight excluding hydrogens is 280 g/mol. The van der Waals surface area contributed by atoms with Gasteiger partial charge in [0.25, 0.3) is 0 Å². The minimum absolute atomic E-state index is 1.38. The third-order valence-corrected chi connectivity index (χ3v) is 6.40. The first kappa shape index (κ1) is 12.4. The number of fused-ring (bicyclic) bond motifs is 6. The molecule has 100 valence electrons. The van der Waals surface area contributed by atoms with Crippen molar-refractivity contribution in [1.29, 1.82) is 0 Å². The van der Waals surface area contributed by atoms with Crippen molar-refractivity contribution in [2.24, 2.45) is 0 Å². The summed E-state index contributed by atoms with van der Waals surface area (Å²) in [5.74, 6) is 0. The first-order valence-corrected chi connectivity index (χ1v) is 8.51. The molecular formula is C18H16S2. The fraction of sp³-hybridized carbons (Fsp3) is 0.222. The number of thiophene rings is 2. The molecule has 0 N–H and O–H groups in total. The number of benzene rings is 2. The summed E-state index contributed by atoms with van der Waals surface area (Å²) in [5.41, 5.74) is 2.77. The summed E-state index contributed by atoms with van der Waals surface area (Å²) in [5, 5.41) is 5.69. The van der Waals surface area contributed by atoms with Gasteiger partial charge in [-0.15, -0.1) is 22.7 Å². The molecule has 0 spiro atoms. The van der Waals surface area contributed by atoms with Gasteiger partial charge in [-0.1, -0.05) is 12.1 Å². The van der Waals surface area contributed by atoms with Crippen LogP contribution in [0.25, 0.3) is 30.9 Å². The van der Waals surface area contributed by atoms with Gasteiger partial charge in [-0.2, -0.15) is 0 Å². The summed E-state index contributed by atoms with van der Waals surface area (Å²) in [6.45, 7) is 8.85. The number of hydrogen-bond donors (Lipinski definition) is 0. The average molecular weight is 296 g/mol. The summed E-state index contributed by atoms with van der Waals surface area (Å²) in [7, 11) is 0. The molecule has 0 saturated carbocycles. The molecule has 2 heterocycles. The van der Waals surface area contributed by atoms with E-state index in [0.29, 0.717) is 0 Å². The van der Waals surface area contributed by atoms with E-state index in [9.17, 15) is 0 Å². The quantitative estimate of drug-likeness (QED) is 0.347. The van der Waals surface area contributed by atoms with Crippen LogP contribution in [0.15, 0.2) is 24.3 Å². The summed E-state index contributed by atoms with van der Waals surface area (Å²) in [6, 6.07) is 9.44. The maximum atomic E-state index is 2.37. The molecule has 0 nitrogen and oxygen atoms in total. The lowest BCUT2D eigenvalue weighted by Gasteiger charge is -2.07. The molecule has 2 heteroatoms. The van der Waals surface area contributed by atoms with Gasteiger partial charge in [-0.3, -0.25) is 0 Å². The van der Waals surface area contributed by atoms with Crippen molar-refractivity contribution in [2.45, 2.75) is 27.7 Å². The van der Waals surface area contributed by atoms with E-state index in [-0.39, 0.29) is 0 Å². The van der Waals surface area contributed by atoms with E-state index in [4.69, 9.17) is 0 Å². The summed E-state index contributed by atoms with van der Waals surface area (Å²) < 4.78 is 2.93. The van der Waals surface area contributed by atoms with Gasteiger partial charge in [0.1, 0.15) is 0 Å². The predicted octanol–water partition coefficient (Wildman–Crippen LogP) is 6.50. The van der Waals surface area contributed by atoms with Crippen molar-refractivity contribution in [2.75, 3.05) is 0 Å². The lowest BCUT2D eigenvalue weighted by molar-refractivity contribution is 1.37. The van der Waals surface area contributed by atoms with Crippen LogP contribution < -0.4 is 0 Å². The van der Waals surface area contributed by atoms with Crippen LogP contribution in [0, 0.1) is 27.7 Å². The maximum absolute atomic E-state index is 2.37. The van der Waals surface area contributed by atoms with Crippen molar-refractivity contribution >= 4 is 53.6 Å². The highest BCUT2D eigenvalue weighted by atomic mass is 32.1. The smallest absolute Gasteiger partial charge is 0.0530 e. The van der Waals surface area contributed by atoms with Crippen molar-refractivity contribution < 1.29 is 0 Å². The van der Waals surface area contributed by atoms with E-state index in [2.05, 4.69) is 52.0 Å². The zero-order chi connectivity index (χ0) is 14.0. The molecule has 2 aromatic heterocycles. The fourth-order valence-corrected chi connectivity index (χ4v) is 5.24. The van der Waals surface area contributed by atoms with Crippen molar-refractivity contribution in [1.82, 2.24) is 0 Å². The highest BCUT2D eigenvalue weighted by Gasteiger charge is 2.14. The molecule has 4 aromatic rings. The Morgan fingerprint density at radius 3 is 1.35 bits per heavy atom. The third-order valence-electron chi connectivity index (χ3n) is 4.13. The van der Waals surface area contributed by atoms with Crippen LogP contribution in [-0.2, 0) is 0 Å². The first-order valence-electron chi connectivity index (χ1n) is 6.88. The van der Waals surface area contributed by atoms with Crippen LogP contribution in [-0.4, -0.2) is 0 Å². The summed E-state index contributed by atoms with van der Waals surface area (Å²) >= 11 is 3.86. The molecule has 0 amide bonds. The Hall–Kier alpha value is -1.38. The Morgan fingerprint density at radius 2 is 0.950 bits per heavy atom. The second-order valence-electron chi connectivity index (χ2n) is 5.68. The van der Waals surface area contributed by atoms with Crippen LogP contribution in [0.5, 0.6) is 0 Å². The highest BCUT2D eigenvalue weighted by molar-refractivity contribution is 7.27. The molecule has 2 aromatic carbocycles. The van der Waals surface area contributed by atoms with E-state index in [1.165, 1.54) is 51.8 Å². The minimum atomic E-state index is 1.38. The van der Waals surface area contributed by atoms with Crippen molar-refractivity contribution in [3.63, 3.8) is 0 Å². The van der Waals surface area contributed by atoms with Gasteiger partial charge >= 0.3 is 0 Å². The zero-order valence-electron chi connectivity index (χ0n) is 12.1. The van der Waals surface area contributed by atoms with Crippen molar-refractivity contribution in [3.05, 3.63) is 45.1 Å². The number of rotatable bonds is 0. The lowest BCUT2D eigenvalue weighted by Crippen LogP contribution is -1.83. The molecule has 0 radical (unpaired) electrons. The van der Waals surface area contributed by atoms with Gasteiger partial charge in [-0.25, -0.2) is 0 Å². The topological polar surface area (TPSA) is 0 Å². The van der Waals surface area contributed by atoms with E-state index >= 15 is 0 Å². The number of aryl methyl sites for hydroxylation is 4. The van der Waals surface area contributed by atoms with Gasteiger partial charge in [0, 0.05) is 20.5 Å². The van der Waals surface area contributed by atoms with Gasteiger partial charge < -0.3 is 0 Å². The fourth-order valence-electron chi connectivity index (χ4n) is 3.03. The second-order valence-corrected chi connectivity index (χ2v) is 8.19. The molecule has 0 aliphatic heterocycles. The van der Waals surface area contributed by atoms with Crippen LogP contribution in [0.1, 0.15) is 20.9 Å². The Balaban J connectivity index is 2.40. The summed E-state index contributed by atoms with van der Waals surface area (Å²) in [6.07, 6.45) is 0. The Labute approximate surface area is 126 Å². The SMILES string of the molecule is Cc1cc2c3cc(C)c(C)cc3c3cc(C)sc3c2s1. The lowest BCUT2D eigenvalue weighted by atomic mass is 9.98. The first-order chi connectivity index (χ1) is 9.54. The molecule has 0 fully saturated rings. The van der Waals surface area contributed by atoms with E-state index in [1.54, 1.807) is 0 Å². The molecule has 0 aliphatic carbocycles. The van der Waals surface area contributed by atoms with Crippen LogP contribution >= 0.6 is 22.7 Å². The number of hydrogen-bond acceptors (Lipinski definition) is 2. The zero-order valence-corrected chi connectivity index (χ0v) is 13.8. The summed E-state index contributed by atoms with van der Waals surface area (Å²) in [4.78, 5) is 2.80. The van der Waals surface area contributed by atoms with Gasteiger partial charge in [0.05, 0.1) is 9.40 Å². The molecule has 20 heavy (non-hydrogen) atoms. The molecule has 0 aliphatic rings. The van der Waals surface area contributed by atoms with Gasteiger partial charge in [0.15, 0.2) is 0 Å². The largest absolute Gasteiger partial charge is 0.139 e. The standard InChI is InChI=1S/C18H16S2/c1-9-5-13-14(6-10(9)2)16-8-12(4)20-18(16)17-15(13)7-11(3)19-17/h5-8H,1-4H3. The Bertz CT molecular complexity index is 902.